The van der Waals surface area contributed by atoms with Crippen molar-refractivity contribution in [2.24, 2.45) is 11.3 Å². The highest BCUT2D eigenvalue weighted by Gasteiger charge is 2.34. The van der Waals surface area contributed by atoms with Gasteiger partial charge in [-0.25, -0.2) is 0 Å². The molecule has 148 valence electrons. The second-order valence-corrected chi connectivity index (χ2v) is 7.73. The maximum atomic E-state index is 12.5. The summed E-state index contributed by atoms with van der Waals surface area (Å²) in [5, 5.41) is 0. The van der Waals surface area contributed by atoms with E-state index in [4.69, 9.17) is 18.9 Å². The maximum Gasteiger partial charge on any atom is 0.311 e. The monoisotopic (exact) mass is 370 g/mol. The molecule has 0 fully saturated rings. The van der Waals surface area contributed by atoms with Gasteiger partial charge in [-0.1, -0.05) is 13.8 Å². The second kappa shape index (κ2) is 9.83. The van der Waals surface area contributed by atoms with E-state index in [2.05, 4.69) is 13.8 Å². The molecule has 7 nitrogen and oxygen atoms in total. The first-order valence-electron chi connectivity index (χ1n) is 8.83. The first-order valence-corrected chi connectivity index (χ1v) is 8.83. The molecule has 1 aliphatic heterocycles. The van der Waals surface area contributed by atoms with E-state index in [0.29, 0.717) is 12.5 Å². The Kier molecular flexibility index (Phi) is 8.43. The molecular weight excluding hydrogens is 340 g/mol. The van der Waals surface area contributed by atoms with Crippen molar-refractivity contribution in [2.75, 3.05) is 19.8 Å². The molecule has 1 heterocycles. The van der Waals surface area contributed by atoms with Crippen LogP contribution in [0.2, 0.25) is 0 Å². The molecule has 0 unspecified atom stereocenters. The highest BCUT2D eigenvalue weighted by atomic mass is 16.7. The number of carbonyl (C=O) groups excluding carboxylic acids is 3. The van der Waals surface area contributed by atoms with Crippen molar-refractivity contribution in [2.45, 2.75) is 60.4 Å². The molecule has 0 aromatic carbocycles. The van der Waals surface area contributed by atoms with E-state index in [1.807, 2.05) is 0 Å². The SMILES string of the molecule is CC(=O)OCC1=C[C@@H](OCCC(C)C)O[C@H](COC(=O)C(C)(C)C)C1=O. The molecule has 1 rings (SSSR count). The summed E-state index contributed by atoms with van der Waals surface area (Å²) in [6.45, 7) is 10.7. The molecule has 0 radical (unpaired) electrons. The van der Waals surface area contributed by atoms with Gasteiger partial charge in [0, 0.05) is 12.5 Å². The van der Waals surface area contributed by atoms with Crippen LogP contribution in [0, 0.1) is 11.3 Å². The van der Waals surface area contributed by atoms with E-state index in [1.165, 1.54) is 13.0 Å². The Morgan fingerprint density at radius 1 is 1.23 bits per heavy atom. The van der Waals surface area contributed by atoms with Crippen LogP contribution < -0.4 is 0 Å². The van der Waals surface area contributed by atoms with Crippen LogP contribution in [0.1, 0.15) is 48.0 Å². The van der Waals surface area contributed by atoms with Gasteiger partial charge in [0.25, 0.3) is 0 Å². The summed E-state index contributed by atoms with van der Waals surface area (Å²) >= 11 is 0. The molecule has 0 saturated heterocycles. The fraction of sp³-hybridized carbons (Fsp3) is 0.737. The molecule has 0 aromatic heterocycles. The van der Waals surface area contributed by atoms with Crippen molar-refractivity contribution in [1.29, 1.82) is 0 Å². The third kappa shape index (κ3) is 7.66. The van der Waals surface area contributed by atoms with Gasteiger partial charge in [0.05, 0.1) is 12.0 Å². The minimum atomic E-state index is -0.985. The molecule has 0 amide bonds. The smallest absolute Gasteiger partial charge is 0.311 e. The zero-order chi connectivity index (χ0) is 19.9. The van der Waals surface area contributed by atoms with Crippen molar-refractivity contribution < 1.29 is 33.3 Å². The van der Waals surface area contributed by atoms with E-state index in [0.717, 1.165) is 6.42 Å². The summed E-state index contributed by atoms with van der Waals surface area (Å²) < 4.78 is 21.4. The van der Waals surface area contributed by atoms with Gasteiger partial charge in [-0.2, -0.15) is 0 Å². The minimum Gasteiger partial charge on any atom is -0.462 e. The Balaban J connectivity index is 2.77. The molecule has 26 heavy (non-hydrogen) atoms. The van der Waals surface area contributed by atoms with Crippen molar-refractivity contribution in [3.63, 3.8) is 0 Å². The van der Waals surface area contributed by atoms with Crippen molar-refractivity contribution >= 4 is 17.7 Å². The normalized spacial score (nSPS) is 20.7. The number of Topliss-reactive ketones (excluding diaryl/α,β-unsaturated/α-hetero) is 1. The van der Waals surface area contributed by atoms with Crippen molar-refractivity contribution in [1.82, 2.24) is 0 Å². The van der Waals surface area contributed by atoms with Crippen LogP contribution in [0.3, 0.4) is 0 Å². The molecular formula is C19H30O7. The number of rotatable bonds is 8. The predicted molar refractivity (Wildman–Crippen MR) is 94.2 cm³/mol. The van der Waals surface area contributed by atoms with Crippen LogP contribution >= 0.6 is 0 Å². The lowest BCUT2D eigenvalue weighted by Gasteiger charge is -2.29. The van der Waals surface area contributed by atoms with E-state index in [9.17, 15) is 14.4 Å². The zero-order valence-corrected chi connectivity index (χ0v) is 16.5. The minimum absolute atomic E-state index is 0.161. The predicted octanol–water partition coefficient (Wildman–Crippen LogP) is 2.42. The van der Waals surface area contributed by atoms with E-state index >= 15 is 0 Å². The van der Waals surface area contributed by atoms with Crippen LogP contribution in [0.5, 0.6) is 0 Å². The van der Waals surface area contributed by atoms with E-state index < -0.39 is 29.7 Å². The standard InChI is InChI=1S/C19H30O7/c1-12(2)7-8-23-16-9-14(10-24-13(3)20)17(21)15(26-16)11-25-18(22)19(4,5)6/h9,12,15-16H,7-8,10-11H2,1-6H3/t15-,16+/m1/s1. The Morgan fingerprint density at radius 2 is 1.88 bits per heavy atom. The van der Waals surface area contributed by atoms with Crippen molar-refractivity contribution in [3.05, 3.63) is 11.6 Å². The number of ether oxygens (including phenoxy) is 4. The molecule has 7 heteroatoms. The number of hydrogen-bond donors (Lipinski definition) is 0. The molecule has 2 atom stereocenters. The van der Waals surface area contributed by atoms with Gasteiger partial charge in [0.15, 0.2) is 18.2 Å². The van der Waals surface area contributed by atoms with Gasteiger partial charge in [0.1, 0.15) is 13.2 Å². The Labute approximate surface area is 155 Å². The van der Waals surface area contributed by atoms with E-state index in [-0.39, 0.29) is 24.6 Å². The summed E-state index contributed by atoms with van der Waals surface area (Å²) in [6.07, 6.45) is 0.606. The lowest BCUT2D eigenvalue weighted by atomic mass is 9.97. The summed E-state index contributed by atoms with van der Waals surface area (Å²) in [7, 11) is 0. The van der Waals surface area contributed by atoms with Gasteiger partial charge in [-0.15, -0.1) is 0 Å². The molecule has 0 spiro atoms. The third-order valence-corrected chi connectivity index (χ3v) is 3.63. The summed E-state index contributed by atoms with van der Waals surface area (Å²) in [4.78, 5) is 35.5. The van der Waals surface area contributed by atoms with Crippen LogP contribution in [-0.4, -0.2) is 49.9 Å². The number of ketones is 1. The summed E-state index contributed by atoms with van der Waals surface area (Å²) in [5.41, 5.74) is -0.404. The van der Waals surface area contributed by atoms with Gasteiger partial charge >= 0.3 is 11.9 Å². The largest absolute Gasteiger partial charge is 0.462 e. The first kappa shape index (κ1) is 22.3. The summed E-state index contributed by atoms with van der Waals surface area (Å²) in [5.74, 6) is -0.828. The summed E-state index contributed by atoms with van der Waals surface area (Å²) in [6, 6.07) is 0. The average molecular weight is 370 g/mol. The van der Waals surface area contributed by atoms with Gasteiger partial charge in [0.2, 0.25) is 0 Å². The molecule has 0 aliphatic carbocycles. The van der Waals surface area contributed by atoms with Crippen LogP contribution in [-0.2, 0) is 33.3 Å². The van der Waals surface area contributed by atoms with Crippen LogP contribution in [0.15, 0.2) is 11.6 Å². The molecule has 0 aromatic rings. The number of esters is 2. The molecule has 1 aliphatic rings. The van der Waals surface area contributed by atoms with Gasteiger partial charge < -0.3 is 18.9 Å². The first-order chi connectivity index (χ1) is 12.0. The Hall–Kier alpha value is -1.73. The van der Waals surface area contributed by atoms with Gasteiger partial charge in [-0.3, -0.25) is 14.4 Å². The maximum absolute atomic E-state index is 12.5. The molecule has 0 saturated carbocycles. The van der Waals surface area contributed by atoms with Crippen LogP contribution in [0.25, 0.3) is 0 Å². The lowest BCUT2D eigenvalue weighted by molar-refractivity contribution is -0.181. The molecule has 0 bridgehead atoms. The number of carbonyl (C=O) groups is 3. The number of hydrogen-bond acceptors (Lipinski definition) is 7. The Morgan fingerprint density at radius 3 is 2.42 bits per heavy atom. The van der Waals surface area contributed by atoms with Crippen molar-refractivity contribution in [3.8, 4) is 0 Å². The third-order valence-electron chi connectivity index (χ3n) is 3.63. The van der Waals surface area contributed by atoms with Gasteiger partial charge in [-0.05, 0) is 39.2 Å². The second-order valence-electron chi connectivity index (χ2n) is 7.73. The lowest BCUT2D eigenvalue weighted by Crippen LogP contribution is -2.41. The highest BCUT2D eigenvalue weighted by Crippen LogP contribution is 2.21. The fourth-order valence-corrected chi connectivity index (χ4v) is 2.00. The highest BCUT2D eigenvalue weighted by molar-refractivity contribution is 6.00. The topological polar surface area (TPSA) is 88.1 Å². The average Bonchev–Trinajstić information content (AvgIpc) is 2.51. The molecule has 0 N–H and O–H groups in total. The zero-order valence-electron chi connectivity index (χ0n) is 16.5. The van der Waals surface area contributed by atoms with Crippen LogP contribution in [0.4, 0.5) is 0 Å². The van der Waals surface area contributed by atoms with E-state index in [1.54, 1.807) is 20.8 Å². The Bertz CT molecular complexity index is 543. The fourth-order valence-electron chi connectivity index (χ4n) is 2.00. The quantitative estimate of drug-likeness (QED) is 0.606.